The zero-order chi connectivity index (χ0) is 13.5. The molecule has 0 radical (unpaired) electrons. The summed E-state index contributed by atoms with van der Waals surface area (Å²) in [6, 6.07) is 0.0758. The smallest absolute Gasteiger partial charge is 0.407 e. The van der Waals surface area contributed by atoms with Gasteiger partial charge in [-0.1, -0.05) is 0 Å². The summed E-state index contributed by atoms with van der Waals surface area (Å²) in [6.45, 7) is 5.47. The SMILES string of the molecule is CC(C)(C)OC(=O)NC1CCC(F)CC1.CO. The van der Waals surface area contributed by atoms with Gasteiger partial charge in [0.15, 0.2) is 0 Å². The molecular formula is C12H24FNO3. The molecule has 5 heteroatoms. The molecule has 0 atom stereocenters. The number of halogens is 1. The number of amides is 1. The highest BCUT2D eigenvalue weighted by atomic mass is 19.1. The summed E-state index contributed by atoms with van der Waals surface area (Å²) in [5.41, 5.74) is -0.471. The van der Waals surface area contributed by atoms with Crippen molar-refractivity contribution in [2.45, 2.75) is 64.3 Å². The van der Waals surface area contributed by atoms with Gasteiger partial charge in [-0.2, -0.15) is 0 Å². The topological polar surface area (TPSA) is 58.6 Å². The number of aliphatic hydroxyl groups is 1. The van der Waals surface area contributed by atoms with E-state index in [2.05, 4.69) is 5.32 Å². The Bertz CT molecular complexity index is 220. The van der Waals surface area contributed by atoms with E-state index in [4.69, 9.17) is 9.84 Å². The van der Waals surface area contributed by atoms with E-state index >= 15 is 0 Å². The summed E-state index contributed by atoms with van der Waals surface area (Å²) in [5.74, 6) is 0. The van der Waals surface area contributed by atoms with Gasteiger partial charge in [0.2, 0.25) is 0 Å². The van der Waals surface area contributed by atoms with Crippen molar-refractivity contribution < 1.29 is 19.0 Å². The number of alkyl carbamates (subject to hydrolysis) is 1. The van der Waals surface area contributed by atoms with Crippen LogP contribution in [-0.4, -0.2) is 36.1 Å². The van der Waals surface area contributed by atoms with Crippen LogP contribution in [0.2, 0.25) is 0 Å². The Balaban J connectivity index is 0.00000121. The van der Waals surface area contributed by atoms with Crippen molar-refractivity contribution in [1.82, 2.24) is 5.32 Å². The molecule has 1 amide bonds. The average molecular weight is 249 g/mol. The van der Waals surface area contributed by atoms with Crippen LogP contribution in [0.15, 0.2) is 0 Å². The molecular weight excluding hydrogens is 225 g/mol. The Morgan fingerprint density at radius 3 is 2.12 bits per heavy atom. The van der Waals surface area contributed by atoms with Crippen LogP contribution in [0.3, 0.4) is 0 Å². The van der Waals surface area contributed by atoms with Crippen LogP contribution in [-0.2, 0) is 4.74 Å². The summed E-state index contributed by atoms with van der Waals surface area (Å²) in [5, 5.41) is 9.77. The van der Waals surface area contributed by atoms with Gasteiger partial charge in [0, 0.05) is 13.2 Å². The molecule has 0 aromatic carbocycles. The van der Waals surface area contributed by atoms with Crippen LogP contribution < -0.4 is 5.32 Å². The van der Waals surface area contributed by atoms with Gasteiger partial charge in [-0.25, -0.2) is 9.18 Å². The Morgan fingerprint density at radius 2 is 1.71 bits per heavy atom. The first kappa shape index (κ1) is 16.2. The van der Waals surface area contributed by atoms with E-state index in [1.54, 1.807) is 0 Å². The molecule has 17 heavy (non-hydrogen) atoms. The lowest BCUT2D eigenvalue weighted by molar-refractivity contribution is 0.0483. The van der Waals surface area contributed by atoms with Crippen molar-refractivity contribution in [2.75, 3.05) is 7.11 Å². The van der Waals surface area contributed by atoms with Crippen molar-refractivity contribution in [1.29, 1.82) is 0 Å². The summed E-state index contributed by atoms with van der Waals surface area (Å²) >= 11 is 0. The molecule has 0 aliphatic heterocycles. The lowest BCUT2D eigenvalue weighted by Crippen LogP contribution is -2.41. The maximum atomic E-state index is 12.8. The number of alkyl halides is 1. The predicted octanol–water partition coefficient (Wildman–Crippen LogP) is 2.40. The summed E-state index contributed by atoms with van der Waals surface area (Å²) < 4.78 is 17.9. The standard InChI is InChI=1S/C11H20FNO2.CH4O/c1-11(2,3)15-10(14)13-9-6-4-8(12)5-7-9;1-2/h8-9H,4-7H2,1-3H3,(H,13,14);2H,1H3. The van der Waals surface area contributed by atoms with Crippen molar-refractivity contribution in [3.8, 4) is 0 Å². The molecule has 102 valence electrons. The van der Waals surface area contributed by atoms with E-state index in [0.717, 1.165) is 7.11 Å². The number of hydrogen-bond donors (Lipinski definition) is 2. The number of rotatable bonds is 1. The number of ether oxygens (including phenoxy) is 1. The summed E-state index contributed by atoms with van der Waals surface area (Å²) in [7, 11) is 1.00. The van der Waals surface area contributed by atoms with Gasteiger partial charge < -0.3 is 15.2 Å². The minimum absolute atomic E-state index is 0.0758. The average Bonchev–Trinajstić information content (AvgIpc) is 2.22. The number of carbonyl (C=O) groups excluding carboxylic acids is 1. The largest absolute Gasteiger partial charge is 0.444 e. The number of nitrogens with one attached hydrogen (secondary N) is 1. The Kier molecular flexibility index (Phi) is 7.11. The maximum absolute atomic E-state index is 12.8. The van der Waals surface area contributed by atoms with Gasteiger partial charge in [0.1, 0.15) is 11.8 Å². The summed E-state index contributed by atoms with van der Waals surface area (Å²) in [4.78, 5) is 11.4. The second kappa shape index (κ2) is 7.48. The summed E-state index contributed by atoms with van der Waals surface area (Å²) in [6.07, 6.45) is 1.41. The zero-order valence-corrected chi connectivity index (χ0v) is 11.1. The second-order valence-electron chi connectivity index (χ2n) is 5.10. The molecule has 0 spiro atoms. The lowest BCUT2D eigenvalue weighted by atomic mass is 9.94. The van der Waals surface area contributed by atoms with E-state index in [1.165, 1.54) is 0 Å². The van der Waals surface area contributed by atoms with Crippen LogP contribution in [0.25, 0.3) is 0 Å². The van der Waals surface area contributed by atoms with Crippen LogP contribution >= 0.6 is 0 Å². The number of hydrogen-bond acceptors (Lipinski definition) is 3. The van der Waals surface area contributed by atoms with Crippen LogP contribution in [0.1, 0.15) is 46.5 Å². The third-order valence-corrected chi connectivity index (χ3v) is 2.38. The molecule has 0 heterocycles. The van der Waals surface area contributed by atoms with Crippen molar-refractivity contribution in [2.24, 2.45) is 0 Å². The first-order valence-corrected chi connectivity index (χ1v) is 5.95. The molecule has 0 unspecified atom stereocenters. The monoisotopic (exact) mass is 249 g/mol. The van der Waals surface area contributed by atoms with Crippen molar-refractivity contribution in [3.63, 3.8) is 0 Å². The van der Waals surface area contributed by atoms with Crippen molar-refractivity contribution in [3.05, 3.63) is 0 Å². The fraction of sp³-hybridized carbons (Fsp3) is 0.917. The van der Waals surface area contributed by atoms with Crippen molar-refractivity contribution >= 4 is 6.09 Å². The van der Waals surface area contributed by atoms with E-state index in [-0.39, 0.29) is 6.04 Å². The third kappa shape index (κ3) is 7.96. The lowest BCUT2D eigenvalue weighted by Gasteiger charge is -2.27. The van der Waals surface area contributed by atoms with Crippen LogP contribution in [0.4, 0.5) is 9.18 Å². The highest BCUT2D eigenvalue weighted by Crippen LogP contribution is 2.21. The third-order valence-electron chi connectivity index (χ3n) is 2.38. The Hall–Kier alpha value is -0.840. The molecule has 0 aromatic rings. The molecule has 1 aliphatic carbocycles. The van der Waals surface area contributed by atoms with Gasteiger partial charge in [-0.05, 0) is 46.5 Å². The number of aliphatic hydroxyl groups excluding tert-OH is 1. The maximum Gasteiger partial charge on any atom is 0.407 e. The molecule has 1 aliphatic rings. The fourth-order valence-electron chi connectivity index (χ4n) is 1.67. The molecule has 1 fully saturated rings. The van der Waals surface area contributed by atoms with E-state index < -0.39 is 17.9 Å². The van der Waals surface area contributed by atoms with Crippen LogP contribution in [0, 0.1) is 0 Å². The van der Waals surface area contributed by atoms with Gasteiger partial charge in [-0.3, -0.25) is 0 Å². The normalized spacial score (nSPS) is 24.4. The first-order chi connectivity index (χ1) is 7.87. The first-order valence-electron chi connectivity index (χ1n) is 5.95. The second-order valence-corrected chi connectivity index (χ2v) is 5.10. The zero-order valence-electron chi connectivity index (χ0n) is 11.1. The highest BCUT2D eigenvalue weighted by Gasteiger charge is 2.24. The molecule has 0 saturated heterocycles. The molecule has 0 bridgehead atoms. The predicted molar refractivity (Wildman–Crippen MR) is 64.7 cm³/mol. The van der Waals surface area contributed by atoms with E-state index in [9.17, 15) is 9.18 Å². The molecule has 2 N–H and O–H groups in total. The van der Waals surface area contributed by atoms with Gasteiger partial charge >= 0.3 is 6.09 Å². The molecule has 1 rings (SSSR count). The number of carbonyl (C=O) groups is 1. The minimum atomic E-state index is -0.693. The van der Waals surface area contributed by atoms with E-state index in [0.29, 0.717) is 25.7 Å². The molecule has 0 aromatic heterocycles. The highest BCUT2D eigenvalue weighted by molar-refractivity contribution is 5.68. The molecule has 1 saturated carbocycles. The fourth-order valence-corrected chi connectivity index (χ4v) is 1.67. The van der Waals surface area contributed by atoms with Gasteiger partial charge in [0.25, 0.3) is 0 Å². The van der Waals surface area contributed by atoms with Gasteiger partial charge in [-0.15, -0.1) is 0 Å². The van der Waals surface area contributed by atoms with Crippen LogP contribution in [0.5, 0.6) is 0 Å². The molecule has 4 nitrogen and oxygen atoms in total. The Morgan fingerprint density at radius 1 is 1.24 bits per heavy atom. The Labute approximate surface area is 103 Å². The minimum Gasteiger partial charge on any atom is -0.444 e. The van der Waals surface area contributed by atoms with E-state index in [1.807, 2.05) is 20.8 Å². The quantitative estimate of drug-likeness (QED) is 0.750. The van der Waals surface area contributed by atoms with Gasteiger partial charge in [0.05, 0.1) is 0 Å².